The molecule has 1 fully saturated rings. The summed E-state index contributed by atoms with van der Waals surface area (Å²) in [6, 6.07) is 9.61. The summed E-state index contributed by atoms with van der Waals surface area (Å²) in [5, 5.41) is 10.2. The molecule has 0 saturated carbocycles. The van der Waals surface area contributed by atoms with E-state index in [0.717, 1.165) is 34.9 Å². The number of likely N-dealkylation sites (tertiary alicyclic amines) is 1. The van der Waals surface area contributed by atoms with E-state index in [4.69, 9.17) is 0 Å². The number of hydrogen-bond donors (Lipinski definition) is 3. The van der Waals surface area contributed by atoms with Crippen LogP contribution in [0.2, 0.25) is 0 Å². The zero-order valence-electron chi connectivity index (χ0n) is 23.5. The fourth-order valence-corrected chi connectivity index (χ4v) is 5.08. The normalized spacial score (nSPS) is 14.8. The molecule has 42 heavy (non-hydrogen) atoms. The summed E-state index contributed by atoms with van der Waals surface area (Å²) in [5.41, 5.74) is 3.87. The van der Waals surface area contributed by atoms with Crippen LogP contribution in [0.15, 0.2) is 55.2 Å². The van der Waals surface area contributed by atoms with E-state index in [1.165, 1.54) is 6.33 Å². The van der Waals surface area contributed by atoms with Crippen molar-refractivity contribution < 1.29 is 13.6 Å². The average molecular weight is 596 g/mol. The molecule has 4 aromatic rings. The molecule has 0 bridgehead atoms. The molecular weight excluding hydrogens is 560 g/mol. The highest BCUT2D eigenvalue weighted by molar-refractivity contribution is 7.59. The van der Waals surface area contributed by atoms with Crippen molar-refractivity contribution in [2.45, 2.75) is 38.2 Å². The van der Waals surface area contributed by atoms with Crippen LogP contribution in [0, 0.1) is 0 Å². The molecule has 0 spiro atoms. The van der Waals surface area contributed by atoms with Crippen LogP contribution in [0.3, 0.4) is 0 Å². The molecule has 3 aromatic heterocycles. The number of aromatic nitrogens is 5. The zero-order valence-corrected chi connectivity index (χ0v) is 24.5. The van der Waals surface area contributed by atoms with Crippen LogP contribution in [0.1, 0.15) is 41.6 Å². The molecule has 10 nitrogen and oxygen atoms in total. The van der Waals surface area contributed by atoms with E-state index < -0.39 is 6.43 Å². The average Bonchev–Trinajstić information content (AvgIpc) is 3.00. The summed E-state index contributed by atoms with van der Waals surface area (Å²) >= 11 is 0. The number of nitrogens with one attached hydrogen (secondary N) is 3. The topological polar surface area (TPSA) is 121 Å². The van der Waals surface area contributed by atoms with E-state index in [-0.39, 0.29) is 37.9 Å². The Labute approximate surface area is 250 Å². The minimum absolute atomic E-state index is 0. The number of para-hydroxylation sites is 1. The molecule has 4 heterocycles. The highest BCUT2D eigenvalue weighted by atomic mass is 32.1. The Morgan fingerprint density at radius 3 is 2.55 bits per heavy atom. The summed E-state index contributed by atoms with van der Waals surface area (Å²) in [6.07, 6.45) is 5.81. The fourth-order valence-electron chi connectivity index (χ4n) is 5.08. The highest BCUT2D eigenvalue weighted by Crippen LogP contribution is 2.27. The first-order valence-electron chi connectivity index (χ1n) is 13.7. The number of rotatable bonds is 10. The number of hydrogen-bond acceptors (Lipinski definition) is 9. The number of carbonyl (C=O) groups excluding carboxylic acids is 1. The minimum atomic E-state index is -2.30. The summed E-state index contributed by atoms with van der Waals surface area (Å²) in [4.78, 5) is 36.3. The first kappa shape index (κ1) is 31.0. The fraction of sp³-hybridized carbons (Fsp3) is 0.379. The van der Waals surface area contributed by atoms with Crippen LogP contribution in [-0.4, -0.2) is 81.4 Å². The molecule has 222 valence electrons. The van der Waals surface area contributed by atoms with Gasteiger partial charge in [0.1, 0.15) is 12.1 Å². The lowest BCUT2D eigenvalue weighted by Crippen LogP contribution is -2.41. The van der Waals surface area contributed by atoms with Gasteiger partial charge in [0.15, 0.2) is 0 Å². The van der Waals surface area contributed by atoms with Crippen LogP contribution in [0.4, 0.5) is 20.5 Å². The van der Waals surface area contributed by atoms with E-state index in [0.29, 0.717) is 42.7 Å². The SMILES string of the molecule is CNC(=O)c1ccnc2c([C@H](C)CNc3cc(-c4cnc(NC5CCN(CC(F)F)CC5)nc4)ncn3)cccc12.S. The molecule has 1 saturated heterocycles. The van der Waals surface area contributed by atoms with Crippen molar-refractivity contribution in [1.82, 2.24) is 35.1 Å². The second-order valence-corrected chi connectivity index (χ2v) is 10.2. The second-order valence-electron chi connectivity index (χ2n) is 10.2. The predicted molar refractivity (Wildman–Crippen MR) is 165 cm³/mol. The van der Waals surface area contributed by atoms with E-state index >= 15 is 0 Å². The number of carbonyl (C=O) groups is 1. The van der Waals surface area contributed by atoms with Gasteiger partial charge in [-0.3, -0.25) is 14.7 Å². The van der Waals surface area contributed by atoms with Crippen molar-refractivity contribution in [3.8, 4) is 11.3 Å². The van der Waals surface area contributed by atoms with Crippen molar-refractivity contribution in [3.63, 3.8) is 0 Å². The highest BCUT2D eigenvalue weighted by Gasteiger charge is 2.22. The molecule has 0 unspecified atom stereocenters. The van der Waals surface area contributed by atoms with Crippen LogP contribution in [-0.2, 0) is 0 Å². The number of amides is 1. The molecule has 0 aliphatic carbocycles. The lowest BCUT2D eigenvalue weighted by molar-refractivity contribution is 0.0769. The molecule has 13 heteroatoms. The van der Waals surface area contributed by atoms with Crippen LogP contribution in [0.25, 0.3) is 22.2 Å². The number of piperidine rings is 1. The lowest BCUT2D eigenvalue weighted by atomic mass is 9.96. The van der Waals surface area contributed by atoms with Crippen molar-refractivity contribution in [2.75, 3.05) is 43.9 Å². The second kappa shape index (κ2) is 14.3. The van der Waals surface area contributed by atoms with E-state index in [1.807, 2.05) is 24.3 Å². The van der Waals surface area contributed by atoms with Gasteiger partial charge in [-0.15, -0.1) is 0 Å². The number of halogens is 2. The van der Waals surface area contributed by atoms with Gasteiger partial charge < -0.3 is 16.0 Å². The number of anilines is 2. The van der Waals surface area contributed by atoms with Crippen LogP contribution >= 0.6 is 13.5 Å². The number of fused-ring (bicyclic) bond motifs is 1. The summed E-state index contributed by atoms with van der Waals surface area (Å²) in [7, 11) is 1.62. The van der Waals surface area contributed by atoms with Gasteiger partial charge in [0, 0.05) is 74.2 Å². The monoisotopic (exact) mass is 595 g/mol. The molecular formula is C29H35F2N9OS. The Balaban J connectivity index is 0.00000405. The number of alkyl halides is 2. The molecule has 1 atom stereocenters. The van der Waals surface area contributed by atoms with Crippen molar-refractivity contribution >= 4 is 42.1 Å². The molecule has 1 aliphatic heterocycles. The van der Waals surface area contributed by atoms with Crippen molar-refractivity contribution in [2.24, 2.45) is 0 Å². The van der Waals surface area contributed by atoms with Gasteiger partial charge in [0.05, 0.1) is 23.3 Å². The van der Waals surface area contributed by atoms with Gasteiger partial charge in [0.2, 0.25) is 5.95 Å². The molecule has 5 rings (SSSR count). The van der Waals surface area contributed by atoms with Crippen LogP contribution < -0.4 is 16.0 Å². The molecule has 0 radical (unpaired) electrons. The Bertz CT molecular complexity index is 1480. The maximum atomic E-state index is 12.6. The number of pyridine rings is 1. The molecule has 1 aromatic carbocycles. The first-order valence-corrected chi connectivity index (χ1v) is 13.7. The maximum Gasteiger partial charge on any atom is 0.251 e. The minimum Gasteiger partial charge on any atom is -0.369 e. The molecule has 1 amide bonds. The predicted octanol–water partition coefficient (Wildman–Crippen LogP) is 4.31. The van der Waals surface area contributed by atoms with E-state index in [9.17, 15) is 13.6 Å². The Morgan fingerprint density at radius 1 is 1.07 bits per heavy atom. The third kappa shape index (κ3) is 7.45. The van der Waals surface area contributed by atoms with Gasteiger partial charge in [-0.2, -0.15) is 13.5 Å². The van der Waals surface area contributed by atoms with Gasteiger partial charge in [-0.1, -0.05) is 25.1 Å². The largest absolute Gasteiger partial charge is 0.369 e. The van der Waals surface area contributed by atoms with E-state index in [2.05, 4.69) is 47.8 Å². The Morgan fingerprint density at radius 2 is 1.83 bits per heavy atom. The summed E-state index contributed by atoms with van der Waals surface area (Å²) in [6.45, 7) is 3.77. The van der Waals surface area contributed by atoms with E-state index in [1.54, 1.807) is 36.6 Å². The molecule has 3 N–H and O–H groups in total. The standard InChI is InChI=1S/C29H33F2N9O.H2S/c1-18(21-4-3-5-22-23(28(41)32-2)6-9-33-27(21)22)13-34-26-12-24(37-17-38-26)19-14-35-29(36-15-19)39-20-7-10-40(11-8-20)16-25(30)31;/h3-6,9,12,14-15,17-18,20,25H,7-8,10-11,13,16H2,1-2H3,(H,32,41)(H,34,37,38)(H,35,36,39);1H2/t18-;/m1./s1. The van der Waals surface area contributed by atoms with Crippen LogP contribution in [0.5, 0.6) is 0 Å². The van der Waals surface area contributed by atoms with Gasteiger partial charge >= 0.3 is 0 Å². The van der Waals surface area contributed by atoms with Crippen molar-refractivity contribution in [1.29, 1.82) is 0 Å². The quantitative estimate of drug-likeness (QED) is 0.246. The third-order valence-corrected chi connectivity index (χ3v) is 7.33. The Hall–Kier alpha value is -3.97. The van der Waals surface area contributed by atoms with Gasteiger partial charge in [-0.25, -0.2) is 28.7 Å². The van der Waals surface area contributed by atoms with Gasteiger partial charge in [-0.05, 0) is 24.5 Å². The molecule has 1 aliphatic rings. The maximum absolute atomic E-state index is 12.6. The third-order valence-electron chi connectivity index (χ3n) is 7.33. The smallest absolute Gasteiger partial charge is 0.251 e. The number of benzene rings is 1. The van der Waals surface area contributed by atoms with Crippen molar-refractivity contribution in [3.05, 3.63) is 66.4 Å². The zero-order chi connectivity index (χ0) is 28.8. The summed E-state index contributed by atoms with van der Waals surface area (Å²) < 4.78 is 25.2. The van der Waals surface area contributed by atoms with Gasteiger partial charge in [0.25, 0.3) is 12.3 Å². The number of nitrogens with zero attached hydrogens (tertiary/aromatic N) is 6. The lowest BCUT2D eigenvalue weighted by Gasteiger charge is -2.31. The summed E-state index contributed by atoms with van der Waals surface area (Å²) in [5.74, 6) is 1.11. The Kier molecular flexibility index (Phi) is 10.5. The first-order chi connectivity index (χ1) is 19.9.